The maximum atomic E-state index is 12.6. The molecule has 0 unspecified atom stereocenters. The van der Waals surface area contributed by atoms with Crippen molar-refractivity contribution in [1.82, 2.24) is 9.80 Å². The molecule has 2 heterocycles. The lowest BCUT2D eigenvalue weighted by Gasteiger charge is -2.20. The van der Waals surface area contributed by atoms with Crippen LogP contribution in [0.15, 0.2) is 47.5 Å². The summed E-state index contributed by atoms with van der Waals surface area (Å²) in [7, 11) is 5.93. The summed E-state index contributed by atoms with van der Waals surface area (Å²) < 4.78 is 1.27. The Balaban J connectivity index is 1.58. The molecular formula is C23H26N4OS. The molecule has 1 N–H and O–H groups in total. The molecule has 1 aliphatic rings. The molecule has 5 nitrogen and oxygen atoms in total. The lowest BCUT2D eigenvalue weighted by atomic mass is 10.0. The molecule has 1 aromatic heterocycles. The first-order valence-corrected chi connectivity index (χ1v) is 10.7. The first-order chi connectivity index (χ1) is 14.0. The van der Waals surface area contributed by atoms with Crippen molar-refractivity contribution in [1.29, 1.82) is 0 Å². The number of thiophene rings is 1. The summed E-state index contributed by atoms with van der Waals surface area (Å²) in [4.78, 5) is 22.2. The molecule has 29 heavy (non-hydrogen) atoms. The number of fused-ring (bicyclic) bond motifs is 2. The average molecular weight is 407 g/mol. The van der Waals surface area contributed by atoms with Gasteiger partial charge in [0.15, 0.2) is 0 Å². The number of urea groups is 1. The Morgan fingerprint density at radius 3 is 2.76 bits per heavy atom. The molecule has 0 bridgehead atoms. The number of benzene rings is 2. The molecule has 4 rings (SSSR count). The van der Waals surface area contributed by atoms with Gasteiger partial charge in [0.25, 0.3) is 0 Å². The van der Waals surface area contributed by atoms with Gasteiger partial charge in [0.05, 0.1) is 6.54 Å². The van der Waals surface area contributed by atoms with E-state index in [2.05, 4.69) is 51.6 Å². The molecule has 0 atom stereocenters. The van der Waals surface area contributed by atoms with E-state index in [1.54, 1.807) is 16.2 Å². The quantitative estimate of drug-likeness (QED) is 0.632. The molecule has 150 valence electrons. The third kappa shape index (κ3) is 4.33. The number of hydrogen-bond donors (Lipinski definition) is 1. The van der Waals surface area contributed by atoms with Crippen molar-refractivity contribution in [2.45, 2.75) is 13.0 Å². The van der Waals surface area contributed by atoms with E-state index in [9.17, 15) is 4.79 Å². The second-order valence-electron chi connectivity index (χ2n) is 7.72. The van der Waals surface area contributed by atoms with E-state index < -0.39 is 0 Å². The van der Waals surface area contributed by atoms with Gasteiger partial charge in [-0.2, -0.15) is 0 Å². The molecule has 0 radical (unpaired) electrons. The number of nitrogens with zero attached hydrogens (tertiary/aromatic N) is 3. The van der Waals surface area contributed by atoms with Gasteiger partial charge >= 0.3 is 6.03 Å². The average Bonchev–Trinajstić information content (AvgIpc) is 3.33. The van der Waals surface area contributed by atoms with Crippen molar-refractivity contribution in [3.8, 4) is 10.4 Å². The molecular weight excluding hydrogens is 380 g/mol. The molecule has 3 aromatic rings. The van der Waals surface area contributed by atoms with Gasteiger partial charge in [0, 0.05) is 40.6 Å². The second-order valence-corrected chi connectivity index (χ2v) is 8.80. The highest BCUT2D eigenvalue weighted by atomic mass is 32.1. The van der Waals surface area contributed by atoms with Gasteiger partial charge in [0.1, 0.15) is 0 Å². The molecule has 0 saturated heterocycles. The van der Waals surface area contributed by atoms with Gasteiger partial charge in [0.2, 0.25) is 0 Å². The number of carbonyl (C=O) groups is 1. The number of aliphatic imine (C=N–C) groups is 1. The van der Waals surface area contributed by atoms with E-state index in [4.69, 9.17) is 0 Å². The van der Waals surface area contributed by atoms with E-state index in [1.165, 1.54) is 20.5 Å². The second kappa shape index (κ2) is 8.35. The predicted octanol–water partition coefficient (Wildman–Crippen LogP) is 4.92. The minimum Gasteiger partial charge on any atom is -0.328 e. The number of nitrogens with one attached hydrogen (secondary N) is 1. The zero-order valence-corrected chi connectivity index (χ0v) is 17.9. The maximum absolute atomic E-state index is 12.6. The summed E-state index contributed by atoms with van der Waals surface area (Å²) in [6.45, 7) is 2.38. The zero-order chi connectivity index (χ0) is 20.4. The number of amides is 2. The minimum absolute atomic E-state index is 0.0825. The smallest absolute Gasteiger partial charge is 0.321 e. The van der Waals surface area contributed by atoms with Crippen LogP contribution in [0.4, 0.5) is 10.5 Å². The highest BCUT2D eigenvalue weighted by Gasteiger charge is 2.18. The van der Waals surface area contributed by atoms with Crippen LogP contribution >= 0.6 is 11.3 Å². The summed E-state index contributed by atoms with van der Waals surface area (Å²) in [5.41, 5.74) is 4.29. The summed E-state index contributed by atoms with van der Waals surface area (Å²) in [6.07, 6.45) is 2.85. The molecule has 2 aromatic carbocycles. The van der Waals surface area contributed by atoms with E-state index in [0.29, 0.717) is 6.54 Å². The fourth-order valence-corrected chi connectivity index (χ4v) is 4.68. The van der Waals surface area contributed by atoms with E-state index in [0.717, 1.165) is 36.3 Å². The fourth-order valence-electron chi connectivity index (χ4n) is 3.57. The Hall–Kier alpha value is -2.70. The number of hydrogen-bond acceptors (Lipinski definition) is 4. The van der Waals surface area contributed by atoms with Crippen molar-refractivity contribution in [2.24, 2.45) is 4.99 Å². The highest BCUT2D eigenvalue weighted by Crippen LogP contribution is 2.39. The number of anilines is 1. The van der Waals surface area contributed by atoms with Crippen LogP contribution in [0.2, 0.25) is 0 Å². The Kier molecular flexibility index (Phi) is 5.65. The molecule has 0 aliphatic carbocycles. The van der Waals surface area contributed by atoms with Crippen LogP contribution in [-0.2, 0) is 6.54 Å². The highest BCUT2D eigenvalue weighted by molar-refractivity contribution is 7.22. The Bertz CT molecular complexity index is 1040. The normalized spacial score (nSPS) is 12.6. The maximum Gasteiger partial charge on any atom is 0.321 e. The van der Waals surface area contributed by atoms with Gasteiger partial charge in [-0.15, -0.1) is 11.3 Å². The molecule has 0 fully saturated rings. The monoisotopic (exact) mass is 406 g/mol. The summed E-state index contributed by atoms with van der Waals surface area (Å²) in [5, 5.41) is 4.32. The topological polar surface area (TPSA) is 47.9 Å². The molecule has 2 amide bonds. The van der Waals surface area contributed by atoms with Crippen LogP contribution < -0.4 is 5.32 Å². The zero-order valence-electron chi connectivity index (χ0n) is 17.1. The van der Waals surface area contributed by atoms with E-state index in [1.807, 2.05) is 33.4 Å². The molecule has 6 heteroatoms. The minimum atomic E-state index is -0.0825. The largest absolute Gasteiger partial charge is 0.328 e. The van der Waals surface area contributed by atoms with E-state index in [-0.39, 0.29) is 6.03 Å². The van der Waals surface area contributed by atoms with Crippen LogP contribution in [0.3, 0.4) is 0 Å². The van der Waals surface area contributed by atoms with Crippen LogP contribution in [-0.4, -0.2) is 56.3 Å². The van der Waals surface area contributed by atoms with Gasteiger partial charge in [-0.05, 0) is 67.8 Å². The Labute approximate surface area is 175 Å². The molecule has 0 saturated carbocycles. The van der Waals surface area contributed by atoms with Crippen LogP contribution in [0.5, 0.6) is 0 Å². The first kappa shape index (κ1) is 19.6. The van der Waals surface area contributed by atoms with Gasteiger partial charge in [-0.25, -0.2) is 4.79 Å². The summed E-state index contributed by atoms with van der Waals surface area (Å²) in [6, 6.07) is 14.7. The van der Waals surface area contributed by atoms with Gasteiger partial charge < -0.3 is 15.1 Å². The first-order valence-electron chi connectivity index (χ1n) is 9.84. The van der Waals surface area contributed by atoms with Crippen molar-refractivity contribution >= 4 is 39.4 Å². The van der Waals surface area contributed by atoms with Crippen LogP contribution in [0.25, 0.3) is 20.5 Å². The number of rotatable bonds is 6. The lowest BCUT2D eigenvalue weighted by molar-refractivity contribution is 0.220. The van der Waals surface area contributed by atoms with Gasteiger partial charge in [-0.3, -0.25) is 4.99 Å². The summed E-state index contributed by atoms with van der Waals surface area (Å²) in [5.74, 6) is 0. The van der Waals surface area contributed by atoms with Crippen molar-refractivity contribution < 1.29 is 4.79 Å². The van der Waals surface area contributed by atoms with Crippen molar-refractivity contribution in [2.75, 3.05) is 39.5 Å². The lowest BCUT2D eigenvalue weighted by Crippen LogP contribution is -2.33. The fraction of sp³-hybridized carbons (Fsp3) is 0.304. The Morgan fingerprint density at radius 2 is 1.97 bits per heavy atom. The van der Waals surface area contributed by atoms with E-state index >= 15 is 0 Å². The standard InChI is InChI=1S/C23H26N4OS/c1-26(2)9-6-10-27(3)23(28)25-18-11-17-14-24-15-20(17)19(13-18)22-12-16-7-4-5-8-21(16)29-22/h4-5,7-8,11-14H,6,9-10,15H2,1-3H3,(H,25,28). The summed E-state index contributed by atoms with van der Waals surface area (Å²) >= 11 is 1.78. The SMILES string of the molecule is CN(C)CCCN(C)C(=O)Nc1cc2c(c(-c3cc4ccccc4s3)c1)CN=C2. The van der Waals surface area contributed by atoms with Gasteiger partial charge in [-0.1, -0.05) is 18.2 Å². The van der Waals surface area contributed by atoms with Crippen LogP contribution in [0, 0.1) is 0 Å². The predicted molar refractivity (Wildman–Crippen MR) is 123 cm³/mol. The number of carbonyl (C=O) groups excluding carboxylic acids is 1. The third-order valence-corrected chi connectivity index (χ3v) is 6.30. The van der Waals surface area contributed by atoms with Crippen LogP contribution in [0.1, 0.15) is 17.5 Å². The Morgan fingerprint density at radius 1 is 1.14 bits per heavy atom. The van der Waals surface area contributed by atoms with Crippen molar-refractivity contribution in [3.05, 3.63) is 53.6 Å². The van der Waals surface area contributed by atoms with Crippen molar-refractivity contribution in [3.63, 3.8) is 0 Å². The third-order valence-electron chi connectivity index (χ3n) is 5.15. The molecule has 1 aliphatic heterocycles. The molecule has 0 spiro atoms.